The quantitative estimate of drug-likeness (QED) is 0.680. The standard InChI is InChI=1S/C20H19BrN2O3S/c1-2-13-5-3-4-6-16(13)23-19(25)11-17(20(23)26)27-12-18(24)22-15-9-7-14(21)8-10-15/h3-10,17H,2,11-12H2,1H3,(H,22,24)/t17-/m1/s1. The van der Waals surface area contributed by atoms with Gasteiger partial charge in [0.15, 0.2) is 0 Å². The second-order valence-electron chi connectivity index (χ2n) is 6.11. The highest BCUT2D eigenvalue weighted by Gasteiger charge is 2.40. The molecule has 0 aromatic heterocycles. The van der Waals surface area contributed by atoms with E-state index < -0.39 is 5.25 Å². The van der Waals surface area contributed by atoms with Crippen molar-refractivity contribution in [3.63, 3.8) is 0 Å². The molecule has 0 aliphatic carbocycles. The van der Waals surface area contributed by atoms with Crippen LogP contribution in [0.3, 0.4) is 0 Å². The van der Waals surface area contributed by atoms with Gasteiger partial charge >= 0.3 is 0 Å². The largest absolute Gasteiger partial charge is 0.325 e. The van der Waals surface area contributed by atoms with Gasteiger partial charge in [0.05, 0.1) is 16.7 Å². The van der Waals surface area contributed by atoms with Gasteiger partial charge in [-0.1, -0.05) is 41.1 Å². The Morgan fingerprint density at radius 3 is 2.59 bits per heavy atom. The van der Waals surface area contributed by atoms with Gasteiger partial charge in [0.25, 0.3) is 0 Å². The zero-order chi connectivity index (χ0) is 19.4. The molecule has 0 radical (unpaired) electrons. The highest BCUT2D eigenvalue weighted by molar-refractivity contribution is 9.10. The lowest BCUT2D eigenvalue weighted by Crippen LogP contribution is -2.32. The summed E-state index contributed by atoms with van der Waals surface area (Å²) in [7, 11) is 0. The molecule has 5 nitrogen and oxygen atoms in total. The highest BCUT2D eigenvalue weighted by Crippen LogP contribution is 2.32. The summed E-state index contributed by atoms with van der Waals surface area (Å²) < 4.78 is 0.928. The van der Waals surface area contributed by atoms with E-state index in [0.717, 1.165) is 16.5 Å². The van der Waals surface area contributed by atoms with Crippen LogP contribution in [0.1, 0.15) is 18.9 Å². The normalized spacial score (nSPS) is 16.7. The molecule has 0 unspecified atom stereocenters. The predicted molar refractivity (Wildman–Crippen MR) is 112 cm³/mol. The Labute approximate surface area is 170 Å². The molecule has 2 aromatic carbocycles. The number of amides is 3. The molecule has 140 valence electrons. The number of carbonyl (C=O) groups is 3. The number of carbonyl (C=O) groups excluding carboxylic acids is 3. The Balaban J connectivity index is 1.61. The minimum atomic E-state index is -0.530. The van der Waals surface area contributed by atoms with Gasteiger partial charge in [-0.15, -0.1) is 11.8 Å². The number of imide groups is 1. The maximum atomic E-state index is 12.7. The molecule has 3 amide bonds. The van der Waals surface area contributed by atoms with E-state index in [2.05, 4.69) is 21.2 Å². The lowest BCUT2D eigenvalue weighted by atomic mass is 10.1. The van der Waals surface area contributed by atoms with Crippen LogP contribution in [0.15, 0.2) is 53.0 Å². The van der Waals surface area contributed by atoms with Crippen LogP contribution in [0.4, 0.5) is 11.4 Å². The van der Waals surface area contributed by atoms with Crippen LogP contribution in [-0.2, 0) is 20.8 Å². The van der Waals surface area contributed by atoms with Gasteiger partial charge in [-0.3, -0.25) is 14.4 Å². The molecular formula is C20H19BrN2O3S. The molecule has 1 heterocycles. The number of rotatable bonds is 6. The number of thioether (sulfide) groups is 1. The van der Waals surface area contributed by atoms with Crippen LogP contribution in [0.5, 0.6) is 0 Å². The maximum Gasteiger partial charge on any atom is 0.247 e. The summed E-state index contributed by atoms with van der Waals surface area (Å²) in [4.78, 5) is 38.6. The fourth-order valence-electron chi connectivity index (χ4n) is 2.92. The summed E-state index contributed by atoms with van der Waals surface area (Å²) in [5.41, 5.74) is 2.30. The van der Waals surface area contributed by atoms with Crippen molar-refractivity contribution in [2.24, 2.45) is 0 Å². The van der Waals surface area contributed by atoms with Gasteiger partial charge in [-0.2, -0.15) is 0 Å². The summed E-state index contributed by atoms with van der Waals surface area (Å²) in [6, 6.07) is 14.7. The van der Waals surface area contributed by atoms with Crippen molar-refractivity contribution < 1.29 is 14.4 Å². The van der Waals surface area contributed by atoms with Crippen LogP contribution in [0.25, 0.3) is 0 Å². The topological polar surface area (TPSA) is 66.5 Å². The maximum absolute atomic E-state index is 12.7. The highest BCUT2D eigenvalue weighted by atomic mass is 79.9. The van der Waals surface area contributed by atoms with E-state index in [0.29, 0.717) is 11.4 Å². The van der Waals surface area contributed by atoms with E-state index >= 15 is 0 Å². The summed E-state index contributed by atoms with van der Waals surface area (Å²) in [6.07, 6.45) is 0.855. The first kappa shape index (κ1) is 19.6. The molecular weight excluding hydrogens is 428 g/mol. The molecule has 27 heavy (non-hydrogen) atoms. The SMILES string of the molecule is CCc1ccccc1N1C(=O)C[C@@H](SCC(=O)Nc2ccc(Br)cc2)C1=O. The van der Waals surface area contributed by atoms with E-state index in [9.17, 15) is 14.4 Å². The average molecular weight is 447 g/mol. The minimum absolute atomic E-state index is 0.114. The number of para-hydroxylation sites is 1. The Kier molecular flexibility index (Phi) is 6.34. The van der Waals surface area contributed by atoms with Gasteiger partial charge in [0.1, 0.15) is 0 Å². The third-order valence-corrected chi connectivity index (χ3v) is 5.99. The average Bonchev–Trinajstić information content (AvgIpc) is 2.95. The Morgan fingerprint density at radius 1 is 1.19 bits per heavy atom. The van der Waals surface area contributed by atoms with Crippen LogP contribution >= 0.6 is 27.7 Å². The van der Waals surface area contributed by atoms with Crippen molar-refractivity contribution >= 4 is 56.8 Å². The van der Waals surface area contributed by atoms with Crippen LogP contribution in [0.2, 0.25) is 0 Å². The fourth-order valence-corrected chi connectivity index (χ4v) is 4.12. The zero-order valence-corrected chi connectivity index (χ0v) is 17.2. The summed E-state index contributed by atoms with van der Waals surface area (Å²) in [5.74, 6) is -0.549. The van der Waals surface area contributed by atoms with Gasteiger partial charge in [-0.05, 0) is 42.3 Å². The zero-order valence-electron chi connectivity index (χ0n) is 14.8. The van der Waals surface area contributed by atoms with Crippen LogP contribution in [0, 0.1) is 0 Å². The van der Waals surface area contributed by atoms with Crippen LogP contribution < -0.4 is 10.2 Å². The molecule has 1 atom stereocenters. The van der Waals surface area contributed by atoms with E-state index in [1.54, 1.807) is 18.2 Å². The number of halogens is 1. The van der Waals surface area contributed by atoms with E-state index in [-0.39, 0.29) is 29.9 Å². The molecule has 0 bridgehead atoms. The number of anilines is 2. The molecule has 1 aliphatic heterocycles. The van der Waals surface area contributed by atoms with Crippen molar-refractivity contribution in [2.75, 3.05) is 16.0 Å². The second kappa shape index (κ2) is 8.71. The second-order valence-corrected chi connectivity index (χ2v) is 8.22. The van der Waals surface area contributed by atoms with Gasteiger partial charge < -0.3 is 5.32 Å². The monoisotopic (exact) mass is 446 g/mol. The van der Waals surface area contributed by atoms with Gasteiger partial charge in [0.2, 0.25) is 17.7 Å². The first-order valence-corrected chi connectivity index (χ1v) is 10.5. The summed E-state index contributed by atoms with van der Waals surface area (Å²) in [6.45, 7) is 1.99. The lowest BCUT2D eigenvalue weighted by molar-refractivity contribution is -0.121. The number of hydrogen-bond acceptors (Lipinski definition) is 4. The lowest BCUT2D eigenvalue weighted by Gasteiger charge is -2.18. The Hall–Kier alpha value is -2.12. The van der Waals surface area contributed by atoms with Crippen molar-refractivity contribution in [1.29, 1.82) is 0 Å². The first-order chi connectivity index (χ1) is 13.0. The molecule has 1 aliphatic rings. The van der Waals surface area contributed by atoms with Gasteiger partial charge in [0, 0.05) is 16.6 Å². The van der Waals surface area contributed by atoms with E-state index in [1.807, 2.05) is 37.3 Å². The van der Waals surface area contributed by atoms with Gasteiger partial charge in [-0.25, -0.2) is 4.90 Å². The summed E-state index contributed by atoms with van der Waals surface area (Å²) in [5, 5.41) is 2.26. The number of hydrogen-bond donors (Lipinski definition) is 1. The molecule has 1 fully saturated rings. The van der Waals surface area contributed by atoms with Crippen molar-refractivity contribution in [1.82, 2.24) is 0 Å². The third-order valence-electron chi connectivity index (χ3n) is 4.26. The number of benzene rings is 2. The predicted octanol–water partition coefficient (Wildman–Crippen LogP) is 4.02. The molecule has 1 N–H and O–H groups in total. The van der Waals surface area contributed by atoms with Crippen molar-refractivity contribution in [3.8, 4) is 0 Å². The fraction of sp³-hybridized carbons (Fsp3) is 0.250. The molecule has 0 saturated carbocycles. The van der Waals surface area contributed by atoms with Crippen molar-refractivity contribution in [3.05, 3.63) is 58.6 Å². The molecule has 0 spiro atoms. The van der Waals surface area contributed by atoms with Crippen molar-refractivity contribution in [2.45, 2.75) is 25.0 Å². The smallest absolute Gasteiger partial charge is 0.247 e. The Bertz CT molecular complexity index is 870. The molecule has 2 aromatic rings. The first-order valence-electron chi connectivity index (χ1n) is 8.61. The molecule has 1 saturated heterocycles. The number of aryl methyl sites for hydroxylation is 1. The van der Waals surface area contributed by atoms with E-state index in [4.69, 9.17) is 0 Å². The number of nitrogens with one attached hydrogen (secondary N) is 1. The summed E-state index contributed by atoms with van der Waals surface area (Å²) >= 11 is 4.55. The minimum Gasteiger partial charge on any atom is -0.325 e. The molecule has 3 rings (SSSR count). The third kappa shape index (κ3) is 4.59. The number of nitrogens with zero attached hydrogens (tertiary/aromatic N) is 1. The van der Waals surface area contributed by atoms with E-state index in [1.165, 1.54) is 16.7 Å². The Morgan fingerprint density at radius 2 is 1.89 bits per heavy atom. The molecule has 7 heteroatoms. The van der Waals surface area contributed by atoms with Crippen LogP contribution in [-0.4, -0.2) is 28.7 Å².